The number of halogens is 2. The molecule has 2 N–H and O–H groups in total. The highest BCUT2D eigenvalue weighted by Gasteiger charge is 2.60. The standard InChI is InChI=1S/C26H25F2N3O2/c1-14(2)23-22(25-5-7-26(13-25,8-6-25)24(32)33)17-11-20-15(12-29-30-20)9-21(17)31(23)16-3-4-18(27)19(28)10-16/h3-4,9-12,14H,5-8,13H2,1-2H3,(H,29,30)(H,32,33). The van der Waals surface area contributed by atoms with Crippen molar-refractivity contribution in [2.24, 2.45) is 5.41 Å². The van der Waals surface area contributed by atoms with E-state index in [9.17, 15) is 18.7 Å². The second-order valence-corrected chi connectivity index (χ2v) is 10.2. The first-order chi connectivity index (χ1) is 15.7. The highest BCUT2D eigenvalue weighted by Crippen LogP contribution is 2.64. The molecule has 2 fully saturated rings. The molecule has 0 spiro atoms. The van der Waals surface area contributed by atoms with Crippen LogP contribution in [0.5, 0.6) is 0 Å². The Hall–Kier alpha value is -3.22. The van der Waals surface area contributed by atoms with Crippen LogP contribution in [0.15, 0.2) is 36.5 Å². The van der Waals surface area contributed by atoms with Crippen LogP contribution in [0.1, 0.15) is 63.1 Å². The Kier molecular flexibility index (Phi) is 4.11. The van der Waals surface area contributed by atoms with Crippen molar-refractivity contribution >= 4 is 27.8 Å². The fraction of sp³-hybridized carbons (Fsp3) is 0.385. The Bertz CT molecular complexity index is 1440. The number of rotatable bonds is 4. The van der Waals surface area contributed by atoms with Gasteiger partial charge < -0.3 is 9.67 Å². The number of carbonyl (C=O) groups is 1. The van der Waals surface area contributed by atoms with Crippen LogP contribution in [-0.2, 0) is 10.2 Å². The molecule has 0 amide bonds. The summed E-state index contributed by atoms with van der Waals surface area (Å²) in [6.45, 7) is 4.21. The number of H-pyrrole nitrogens is 1. The van der Waals surface area contributed by atoms with Crippen LogP contribution < -0.4 is 0 Å². The maximum absolute atomic E-state index is 14.3. The number of aromatic nitrogens is 3. The summed E-state index contributed by atoms with van der Waals surface area (Å²) < 4.78 is 30.2. The van der Waals surface area contributed by atoms with Gasteiger partial charge in [-0.2, -0.15) is 5.10 Å². The maximum atomic E-state index is 14.3. The summed E-state index contributed by atoms with van der Waals surface area (Å²) >= 11 is 0. The molecular formula is C26H25F2N3O2. The largest absolute Gasteiger partial charge is 0.481 e. The van der Waals surface area contributed by atoms with Gasteiger partial charge in [-0.05, 0) is 73.3 Å². The van der Waals surface area contributed by atoms with Crippen LogP contribution >= 0.6 is 0 Å². The van der Waals surface area contributed by atoms with Crippen molar-refractivity contribution in [3.8, 4) is 5.69 Å². The molecule has 5 nitrogen and oxygen atoms in total. The monoisotopic (exact) mass is 449 g/mol. The van der Waals surface area contributed by atoms with Crippen LogP contribution in [0.3, 0.4) is 0 Å². The van der Waals surface area contributed by atoms with Gasteiger partial charge in [-0.1, -0.05) is 13.8 Å². The summed E-state index contributed by atoms with van der Waals surface area (Å²) in [4.78, 5) is 12.2. The van der Waals surface area contributed by atoms with Gasteiger partial charge in [-0.15, -0.1) is 0 Å². The molecule has 170 valence electrons. The highest BCUT2D eigenvalue weighted by atomic mass is 19.2. The average molecular weight is 450 g/mol. The number of hydrogen-bond acceptors (Lipinski definition) is 2. The van der Waals surface area contributed by atoms with Crippen molar-refractivity contribution in [1.29, 1.82) is 0 Å². The van der Waals surface area contributed by atoms with Gasteiger partial charge in [0.15, 0.2) is 11.6 Å². The Morgan fingerprint density at radius 1 is 1.12 bits per heavy atom. The zero-order valence-electron chi connectivity index (χ0n) is 18.6. The third kappa shape index (κ3) is 2.68. The number of carboxylic acid groups (broad SMARTS) is 1. The quantitative estimate of drug-likeness (QED) is 0.390. The minimum Gasteiger partial charge on any atom is -0.481 e. The van der Waals surface area contributed by atoms with Gasteiger partial charge in [0.25, 0.3) is 0 Å². The van der Waals surface area contributed by atoms with E-state index in [2.05, 4.69) is 30.1 Å². The van der Waals surface area contributed by atoms with Crippen molar-refractivity contribution in [2.45, 2.75) is 57.3 Å². The summed E-state index contributed by atoms with van der Waals surface area (Å²) in [5, 5.41) is 19.2. The van der Waals surface area contributed by atoms with Gasteiger partial charge in [0.05, 0.1) is 22.6 Å². The smallest absolute Gasteiger partial charge is 0.309 e. The Balaban J connectivity index is 1.71. The van der Waals surface area contributed by atoms with Crippen molar-refractivity contribution in [3.63, 3.8) is 0 Å². The van der Waals surface area contributed by atoms with Crippen LogP contribution in [0.2, 0.25) is 0 Å². The highest BCUT2D eigenvalue weighted by molar-refractivity contribution is 5.99. The molecule has 0 unspecified atom stereocenters. The number of nitrogens with zero attached hydrogens (tertiary/aromatic N) is 2. The van der Waals surface area contributed by atoms with Gasteiger partial charge in [0.2, 0.25) is 0 Å². The Labute approximate surface area is 189 Å². The molecule has 0 radical (unpaired) electrons. The zero-order chi connectivity index (χ0) is 23.1. The first kappa shape index (κ1) is 20.4. The predicted molar refractivity (Wildman–Crippen MR) is 122 cm³/mol. The molecule has 2 saturated carbocycles. The van der Waals surface area contributed by atoms with E-state index in [1.165, 1.54) is 6.07 Å². The molecule has 4 aromatic rings. The molecule has 0 saturated heterocycles. The van der Waals surface area contributed by atoms with E-state index < -0.39 is 23.0 Å². The second-order valence-electron chi connectivity index (χ2n) is 10.2. The fourth-order valence-corrected chi connectivity index (χ4v) is 6.59. The number of nitrogens with one attached hydrogen (secondary N) is 1. The van der Waals surface area contributed by atoms with E-state index in [1.54, 1.807) is 12.3 Å². The molecule has 0 atom stereocenters. The summed E-state index contributed by atoms with van der Waals surface area (Å²) in [5.41, 5.74) is 3.67. The normalized spacial score (nSPS) is 24.5. The Morgan fingerprint density at radius 3 is 2.52 bits per heavy atom. The SMILES string of the molecule is CC(C)c1c(C23CCC(C(=O)O)(CC2)C3)c2cc3[nH]ncc3cc2n1-c1ccc(F)c(F)c1. The van der Waals surface area contributed by atoms with Gasteiger partial charge >= 0.3 is 5.97 Å². The van der Waals surface area contributed by atoms with E-state index in [0.717, 1.165) is 52.0 Å². The minimum absolute atomic E-state index is 0.0896. The van der Waals surface area contributed by atoms with Crippen molar-refractivity contribution in [2.75, 3.05) is 0 Å². The van der Waals surface area contributed by atoms with Gasteiger partial charge in [0, 0.05) is 28.2 Å². The number of carboxylic acids is 1. The third-order valence-corrected chi connectivity index (χ3v) is 8.10. The lowest BCUT2D eigenvalue weighted by atomic mass is 9.75. The molecule has 6 rings (SSSR count). The van der Waals surface area contributed by atoms with Crippen molar-refractivity contribution in [1.82, 2.24) is 14.8 Å². The zero-order valence-corrected chi connectivity index (χ0v) is 18.6. The van der Waals surface area contributed by atoms with Crippen LogP contribution in [0, 0.1) is 17.0 Å². The topological polar surface area (TPSA) is 70.9 Å². The summed E-state index contributed by atoms with van der Waals surface area (Å²) in [7, 11) is 0. The van der Waals surface area contributed by atoms with E-state index in [-0.39, 0.29) is 11.3 Å². The van der Waals surface area contributed by atoms with Crippen LogP contribution in [0.4, 0.5) is 8.78 Å². The molecule has 2 bridgehead atoms. The lowest BCUT2D eigenvalue weighted by Gasteiger charge is -2.30. The van der Waals surface area contributed by atoms with Gasteiger partial charge in [0.1, 0.15) is 0 Å². The average Bonchev–Trinajstić information content (AvgIpc) is 3.54. The number of hydrogen-bond donors (Lipinski definition) is 2. The lowest BCUT2D eigenvalue weighted by molar-refractivity contribution is -0.148. The van der Waals surface area contributed by atoms with E-state index >= 15 is 0 Å². The van der Waals surface area contributed by atoms with Crippen molar-refractivity contribution < 1.29 is 18.7 Å². The molecule has 2 heterocycles. The summed E-state index contributed by atoms with van der Waals surface area (Å²) in [5.74, 6) is -2.38. The number of fused-ring (bicyclic) bond motifs is 4. The van der Waals surface area contributed by atoms with Gasteiger partial charge in [-0.25, -0.2) is 8.78 Å². The van der Waals surface area contributed by atoms with Crippen molar-refractivity contribution in [3.05, 3.63) is 59.4 Å². The molecule has 2 aromatic heterocycles. The van der Waals surface area contributed by atoms with E-state index in [0.29, 0.717) is 24.9 Å². The Morgan fingerprint density at radius 2 is 1.88 bits per heavy atom. The molecular weight excluding hydrogens is 424 g/mol. The molecule has 2 aliphatic rings. The summed E-state index contributed by atoms with van der Waals surface area (Å²) in [6.07, 6.45) is 5.35. The fourth-order valence-electron chi connectivity index (χ4n) is 6.59. The molecule has 2 aromatic carbocycles. The molecule has 2 aliphatic carbocycles. The first-order valence-electron chi connectivity index (χ1n) is 11.5. The predicted octanol–water partition coefficient (Wildman–Crippen LogP) is 6.19. The van der Waals surface area contributed by atoms with Crippen LogP contribution in [0.25, 0.3) is 27.5 Å². The lowest BCUT2D eigenvalue weighted by Crippen LogP contribution is -2.25. The number of aliphatic carboxylic acids is 1. The maximum Gasteiger partial charge on any atom is 0.309 e. The molecule has 7 heteroatoms. The first-order valence-corrected chi connectivity index (χ1v) is 11.5. The summed E-state index contributed by atoms with van der Waals surface area (Å²) in [6, 6.07) is 8.14. The van der Waals surface area contributed by atoms with Gasteiger partial charge in [-0.3, -0.25) is 9.89 Å². The van der Waals surface area contributed by atoms with Crippen LogP contribution in [-0.4, -0.2) is 25.8 Å². The number of benzene rings is 2. The molecule has 0 aliphatic heterocycles. The molecule has 33 heavy (non-hydrogen) atoms. The number of aromatic amines is 1. The third-order valence-electron chi connectivity index (χ3n) is 8.10. The van der Waals surface area contributed by atoms with E-state index in [1.807, 2.05) is 10.6 Å². The minimum atomic E-state index is -0.889. The second kappa shape index (κ2) is 6.65. The van der Waals surface area contributed by atoms with E-state index in [4.69, 9.17) is 0 Å².